The van der Waals surface area contributed by atoms with Crippen LogP contribution in [0.15, 0.2) is 0 Å². The van der Waals surface area contributed by atoms with E-state index in [1.165, 1.54) is 0 Å². The third kappa shape index (κ3) is 8.72. The Morgan fingerprint density at radius 2 is 2.27 bits per heavy atom. The Morgan fingerprint density at radius 1 is 1.55 bits per heavy atom. The average molecular weight is 157 g/mol. The van der Waals surface area contributed by atoms with Gasteiger partial charge in [0.15, 0.2) is 0 Å². The first-order chi connectivity index (χ1) is 5.27. The molecule has 0 unspecified atom stereocenters. The molecule has 0 aromatic rings. The molecule has 0 fully saturated rings. The molecule has 0 radical (unpaired) electrons. The number of hydrogen-bond donors (Lipinski definition) is 3. The molecule has 0 heterocycles. The summed E-state index contributed by atoms with van der Waals surface area (Å²) in [5.41, 5.74) is 0. The van der Waals surface area contributed by atoms with Crippen LogP contribution in [-0.2, 0) is 0 Å². The Balaban J connectivity index is 2.92. The molecule has 0 saturated carbocycles. The van der Waals surface area contributed by atoms with Gasteiger partial charge in [-0.3, -0.25) is 0 Å². The van der Waals surface area contributed by atoms with Gasteiger partial charge < -0.3 is 15.7 Å². The molecule has 1 amide bonds. The van der Waals surface area contributed by atoms with Gasteiger partial charge in [-0.15, -0.1) is 0 Å². The monoisotopic (exact) mass is 157 g/mol. The van der Waals surface area contributed by atoms with E-state index < -0.39 is 6.09 Å². The molecule has 62 valence electrons. The van der Waals surface area contributed by atoms with Crippen molar-refractivity contribution in [3.05, 3.63) is 0 Å². The highest BCUT2D eigenvalue weighted by Crippen LogP contribution is 1.72. The fraction of sp³-hybridized carbons (Fsp3) is 0.667. The number of amides is 1. The SMILES string of the molecule is N#CCNCCCNC(=O)O. The maximum absolute atomic E-state index is 9.90. The highest BCUT2D eigenvalue weighted by Gasteiger charge is 1.91. The average Bonchev–Trinajstić information content (AvgIpc) is 1.96. The Hall–Kier alpha value is -1.28. The maximum Gasteiger partial charge on any atom is 0.404 e. The normalized spacial score (nSPS) is 8.64. The summed E-state index contributed by atoms with van der Waals surface area (Å²) in [4.78, 5) is 9.90. The first-order valence-electron chi connectivity index (χ1n) is 3.32. The molecule has 0 aliphatic carbocycles. The predicted molar refractivity (Wildman–Crippen MR) is 39.1 cm³/mol. The number of carboxylic acid groups (broad SMARTS) is 1. The van der Waals surface area contributed by atoms with E-state index in [2.05, 4.69) is 10.6 Å². The fourth-order valence-electron chi connectivity index (χ4n) is 0.553. The van der Waals surface area contributed by atoms with Gasteiger partial charge in [0.2, 0.25) is 0 Å². The van der Waals surface area contributed by atoms with Gasteiger partial charge in [0, 0.05) is 6.54 Å². The molecule has 0 saturated heterocycles. The molecule has 5 heteroatoms. The minimum absolute atomic E-state index is 0.313. The fourth-order valence-corrected chi connectivity index (χ4v) is 0.553. The van der Waals surface area contributed by atoms with E-state index in [-0.39, 0.29) is 0 Å². The van der Waals surface area contributed by atoms with Crippen LogP contribution >= 0.6 is 0 Å². The molecule has 0 atom stereocenters. The van der Waals surface area contributed by atoms with Crippen LogP contribution in [0.1, 0.15) is 6.42 Å². The zero-order chi connectivity index (χ0) is 8.53. The number of nitrogens with zero attached hydrogens (tertiary/aromatic N) is 1. The second-order valence-electron chi connectivity index (χ2n) is 1.92. The molecule has 0 spiro atoms. The van der Waals surface area contributed by atoms with Gasteiger partial charge in [-0.2, -0.15) is 5.26 Å². The van der Waals surface area contributed by atoms with Crippen molar-refractivity contribution in [3.63, 3.8) is 0 Å². The highest BCUT2D eigenvalue weighted by atomic mass is 16.4. The minimum atomic E-state index is -1.01. The van der Waals surface area contributed by atoms with Crippen molar-refractivity contribution in [2.24, 2.45) is 0 Å². The molecule has 0 aromatic heterocycles. The van der Waals surface area contributed by atoms with Crippen molar-refractivity contribution in [1.29, 1.82) is 5.26 Å². The van der Waals surface area contributed by atoms with Gasteiger partial charge in [-0.1, -0.05) is 0 Å². The lowest BCUT2D eigenvalue weighted by Gasteiger charge is -1.99. The van der Waals surface area contributed by atoms with Crippen molar-refractivity contribution in [1.82, 2.24) is 10.6 Å². The van der Waals surface area contributed by atoms with Crippen molar-refractivity contribution in [2.45, 2.75) is 6.42 Å². The van der Waals surface area contributed by atoms with Gasteiger partial charge in [-0.05, 0) is 13.0 Å². The van der Waals surface area contributed by atoms with Crippen molar-refractivity contribution in [3.8, 4) is 6.07 Å². The van der Waals surface area contributed by atoms with E-state index in [0.29, 0.717) is 26.1 Å². The summed E-state index contributed by atoms with van der Waals surface area (Å²) in [7, 11) is 0. The molecule has 11 heavy (non-hydrogen) atoms. The summed E-state index contributed by atoms with van der Waals surface area (Å²) in [6, 6.07) is 1.92. The summed E-state index contributed by atoms with van der Waals surface area (Å²) in [5, 5.41) is 21.3. The van der Waals surface area contributed by atoms with Crippen LogP contribution in [0.3, 0.4) is 0 Å². The Kier molecular flexibility index (Phi) is 6.04. The molecule has 0 aliphatic rings. The Labute approximate surface area is 65.0 Å². The highest BCUT2D eigenvalue weighted by molar-refractivity contribution is 5.64. The lowest BCUT2D eigenvalue weighted by atomic mass is 10.4. The van der Waals surface area contributed by atoms with E-state index in [9.17, 15) is 4.79 Å². The number of hydrogen-bond acceptors (Lipinski definition) is 3. The number of nitriles is 1. The Bertz CT molecular complexity index is 152. The van der Waals surface area contributed by atoms with Crippen LogP contribution in [0.2, 0.25) is 0 Å². The van der Waals surface area contributed by atoms with Gasteiger partial charge in [0.25, 0.3) is 0 Å². The zero-order valence-electron chi connectivity index (χ0n) is 6.13. The summed E-state index contributed by atoms with van der Waals surface area (Å²) in [5.74, 6) is 0. The lowest BCUT2D eigenvalue weighted by Crippen LogP contribution is -2.25. The minimum Gasteiger partial charge on any atom is -0.465 e. The molecule has 3 N–H and O–H groups in total. The topological polar surface area (TPSA) is 85.2 Å². The summed E-state index contributed by atoms with van der Waals surface area (Å²) in [6.45, 7) is 1.40. The van der Waals surface area contributed by atoms with Gasteiger partial charge in [0.05, 0.1) is 12.6 Å². The summed E-state index contributed by atoms with van der Waals surface area (Å²) >= 11 is 0. The molecule has 0 aromatic carbocycles. The smallest absolute Gasteiger partial charge is 0.404 e. The molecule has 0 bridgehead atoms. The number of rotatable bonds is 5. The predicted octanol–water partition coefficient (Wildman–Crippen LogP) is -0.243. The zero-order valence-corrected chi connectivity index (χ0v) is 6.13. The van der Waals surface area contributed by atoms with Crippen molar-refractivity contribution >= 4 is 6.09 Å². The van der Waals surface area contributed by atoms with Crippen LogP contribution in [0, 0.1) is 11.3 Å². The summed E-state index contributed by atoms with van der Waals surface area (Å²) < 4.78 is 0. The van der Waals surface area contributed by atoms with E-state index in [1.54, 1.807) is 0 Å². The molecular formula is C6H11N3O2. The quantitative estimate of drug-likeness (QED) is 0.379. The van der Waals surface area contributed by atoms with E-state index in [0.717, 1.165) is 0 Å². The lowest BCUT2D eigenvalue weighted by molar-refractivity contribution is 0.194. The third-order valence-corrected chi connectivity index (χ3v) is 1.01. The van der Waals surface area contributed by atoms with E-state index >= 15 is 0 Å². The third-order valence-electron chi connectivity index (χ3n) is 1.01. The molecule has 0 aliphatic heterocycles. The number of carbonyl (C=O) groups is 1. The number of nitrogens with one attached hydrogen (secondary N) is 2. The van der Waals surface area contributed by atoms with Crippen LogP contribution in [0.4, 0.5) is 4.79 Å². The molecule has 0 rings (SSSR count). The largest absolute Gasteiger partial charge is 0.465 e. The first kappa shape index (κ1) is 9.72. The van der Waals surface area contributed by atoms with Crippen LogP contribution in [0.5, 0.6) is 0 Å². The summed E-state index contributed by atoms with van der Waals surface area (Å²) in [6.07, 6.45) is -0.307. The molecular weight excluding hydrogens is 146 g/mol. The van der Waals surface area contributed by atoms with Gasteiger partial charge in [0.1, 0.15) is 0 Å². The van der Waals surface area contributed by atoms with Crippen LogP contribution in [0.25, 0.3) is 0 Å². The van der Waals surface area contributed by atoms with Gasteiger partial charge >= 0.3 is 6.09 Å². The maximum atomic E-state index is 9.90. The van der Waals surface area contributed by atoms with Crippen LogP contribution < -0.4 is 10.6 Å². The second-order valence-corrected chi connectivity index (χ2v) is 1.92. The van der Waals surface area contributed by atoms with E-state index in [1.807, 2.05) is 6.07 Å². The van der Waals surface area contributed by atoms with Crippen molar-refractivity contribution < 1.29 is 9.90 Å². The first-order valence-corrected chi connectivity index (χ1v) is 3.32. The molecule has 5 nitrogen and oxygen atoms in total. The van der Waals surface area contributed by atoms with E-state index in [4.69, 9.17) is 10.4 Å². The van der Waals surface area contributed by atoms with Crippen molar-refractivity contribution in [2.75, 3.05) is 19.6 Å². The van der Waals surface area contributed by atoms with Gasteiger partial charge in [-0.25, -0.2) is 4.79 Å². The van der Waals surface area contributed by atoms with Crippen LogP contribution in [-0.4, -0.2) is 30.8 Å². The standard InChI is InChI=1S/C6H11N3O2/c7-2-5-8-3-1-4-9-6(10)11/h8-9H,1,3-5H2,(H,10,11). The Morgan fingerprint density at radius 3 is 2.82 bits per heavy atom. The second kappa shape index (κ2) is 6.83.